The van der Waals surface area contributed by atoms with Gasteiger partial charge in [0.2, 0.25) is 5.91 Å². The number of aromatic nitrogens is 4. The third-order valence-electron chi connectivity index (χ3n) is 6.40. The molecule has 0 spiro atoms. The molecule has 0 aliphatic carbocycles. The number of aryl methyl sites for hydroxylation is 1. The minimum atomic E-state index is -0.0710. The van der Waals surface area contributed by atoms with Crippen molar-refractivity contribution in [1.29, 1.82) is 5.41 Å². The number of carbonyl (C=O) groups is 1. The summed E-state index contributed by atoms with van der Waals surface area (Å²) in [7, 11) is 0. The van der Waals surface area contributed by atoms with Crippen LogP contribution in [0.5, 0.6) is 11.5 Å². The highest BCUT2D eigenvalue weighted by Crippen LogP contribution is 2.31. The molecule has 5 rings (SSSR count). The first kappa shape index (κ1) is 22.6. The van der Waals surface area contributed by atoms with E-state index in [9.17, 15) is 4.79 Å². The predicted octanol–water partition coefficient (Wildman–Crippen LogP) is 4.54. The van der Waals surface area contributed by atoms with E-state index in [1.807, 2.05) is 66.2 Å². The molecule has 8 nitrogen and oxygen atoms in total. The fraction of sp³-hybridized carbons (Fsp3) is 0.259. The Bertz CT molecular complexity index is 1420. The summed E-state index contributed by atoms with van der Waals surface area (Å²) in [6.45, 7) is 7.51. The van der Waals surface area contributed by atoms with Crippen molar-refractivity contribution in [2.45, 2.75) is 32.4 Å². The topological polar surface area (TPSA) is 89.0 Å². The van der Waals surface area contributed by atoms with Crippen LogP contribution in [0.15, 0.2) is 73.6 Å². The zero-order chi connectivity index (χ0) is 24.4. The summed E-state index contributed by atoms with van der Waals surface area (Å²) < 4.78 is 9.64. The van der Waals surface area contributed by atoms with Gasteiger partial charge in [-0.25, -0.2) is 9.67 Å². The van der Waals surface area contributed by atoms with Gasteiger partial charge >= 0.3 is 0 Å². The molecule has 1 N–H and O–H groups in total. The van der Waals surface area contributed by atoms with Crippen LogP contribution in [0.1, 0.15) is 25.8 Å². The van der Waals surface area contributed by atoms with Crippen LogP contribution in [0.25, 0.3) is 22.3 Å². The van der Waals surface area contributed by atoms with E-state index in [4.69, 9.17) is 20.2 Å². The summed E-state index contributed by atoms with van der Waals surface area (Å²) in [6.07, 6.45) is 4.82. The van der Waals surface area contributed by atoms with Gasteiger partial charge in [0.25, 0.3) is 0 Å². The second-order valence-electron chi connectivity index (χ2n) is 8.59. The Morgan fingerprint density at radius 3 is 2.63 bits per heavy atom. The van der Waals surface area contributed by atoms with Crippen molar-refractivity contribution in [1.82, 2.24) is 24.2 Å². The second-order valence-corrected chi connectivity index (χ2v) is 8.59. The number of para-hydroxylation sites is 1. The summed E-state index contributed by atoms with van der Waals surface area (Å²) in [5, 5.41) is 14.5. The minimum absolute atomic E-state index is 0.0195. The van der Waals surface area contributed by atoms with Crippen molar-refractivity contribution >= 4 is 16.9 Å². The van der Waals surface area contributed by atoms with Gasteiger partial charge in [-0.2, -0.15) is 5.10 Å². The molecule has 1 aliphatic heterocycles. The van der Waals surface area contributed by atoms with Crippen molar-refractivity contribution in [3.8, 4) is 22.8 Å². The molecule has 8 heteroatoms. The Kier molecular flexibility index (Phi) is 6.18. The largest absolute Gasteiger partial charge is 0.457 e. The van der Waals surface area contributed by atoms with Crippen LogP contribution in [0.3, 0.4) is 0 Å². The van der Waals surface area contributed by atoms with E-state index >= 15 is 0 Å². The zero-order valence-corrected chi connectivity index (χ0v) is 19.7. The van der Waals surface area contributed by atoms with E-state index in [-0.39, 0.29) is 11.9 Å². The maximum atomic E-state index is 12.3. The van der Waals surface area contributed by atoms with E-state index in [2.05, 4.69) is 6.58 Å². The molecule has 0 radical (unpaired) electrons. The smallest absolute Gasteiger partial charge is 0.246 e. The summed E-state index contributed by atoms with van der Waals surface area (Å²) >= 11 is 0. The molecule has 0 saturated carbocycles. The molecule has 1 aliphatic rings. The van der Waals surface area contributed by atoms with E-state index in [1.54, 1.807) is 15.8 Å². The first-order valence-corrected chi connectivity index (χ1v) is 11.9. The van der Waals surface area contributed by atoms with Gasteiger partial charge in [-0.3, -0.25) is 10.2 Å². The Hall–Kier alpha value is -4.20. The van der Waals surface area contributed by atoms with Gasteiger partial charge in [0.1, 0.15) is 22.7 Å². The Labute approximate surface area is 203 Å². The number of likely N-dealkylation sites (tertiary alicyclic amines) is 1. The lowest BCUT2D eigenvalue weighted by atomic mass is 10.1. The molecule has 178 valence electrons. The number of rotatable bonds is 6. The lowest BCUT2D eigenvalue weighted by Gasteiger charge is -2.32. The fourth-order valence-electron chi connectivity index (χ4n) is 4.58. The molecule has 35 heavy (non-hydrogen) atoms. The van der Waals surface area contributed by atoms with Crippen molar-refractivity contribution in [3.63, 3.8) is 0 Å². The predicted molar refractivity (Wildman–Crippen MR) is 134 cm³/mol. The SMILES string of the molecule is C=CC(=O)N1CCC[C@@H](n2nc(-c3ccc(Oc4ccccc4)cc3)c3c(=N)n(CC)cnc32)C1. The van der Waals surface area contributed by atoms with E-state index in [0.29, 0.717) is 41.8 Å². The Balaban J connectivity index is 1.55. The quantitative estimate of drug-likeness (QED) is 0.421. The van der Waals surface area contributed by atoms with Crippen LogP contribution in [-0.2, 0) is 11.3 Å². The lowest BCUT2D eigenvalue weighted by Crippen LogP contribution is -2.40. The number of amides is 1. The van der Waals surface area contributed by atoms with Gasteiger partial charge in [-0.05, 0) is 62.2 Å². The minimum Gasteiger partial charge on any atom is -0.457 e. The molecular weight excluding hydrogens is 440 g/mol. The lowest BCUT2D eigenvalue weighted by molar-refractivity contribution is -0.127. The second kappa shape index (κ2) is 9.58. The number of benzene rings is 2. The standard InChI is InChI=1S/C27H28N6O2/c1-3-23(34)32-16-8-9-20(17-32)33-27-24(26(28)31(4-2)18-29-27)25(30-33)19-12-14-22(15-13-19)35-21-10-6-5-7-11-21/h3,5-7,10-15,18,20,28H,1,4,8-9,16-17H2,2H3/t20-/m1/s1. The first-order chi connectivity index (χ1) is 17.1. The zero-order valence-electron chi connectivity index (χ0n) is 19.7. The third-order valence-corrected chi connectivity index (χ3v) is 6.40. The van der Waals surface area contributed by atoms with Gasteiger partial charge < -0.3 is 14.2 Å². The summed E-state index contributed by atoms with van der Waals surface area (Å²) in [6, 6.07) is 17.4. The van der Waals surface area contributed by atoms with Gasteiger partial charge in [0.05, 0.1) is 17.8 Å². The van der Waals surface area contributed by atoms with Crippen molar-refractivity contribution in [2.24, 2.45) is 0 Å². The molecule has 2 aromatic heterocycles. The number of piperidine rings is 1. The third kappa shape index (κ3) is 4.35. The van der Waals surface area contributed by atoms with Gasteiger partial charge in [-0.15, -0.1) is 0 Å². The Morgan fingerprint density at radius 1 is 1.17 bits per heavy atom. The van der Waals surface area contributed by atoms with Crippen LogP contribution < -0.4 is 10.2 Å². The van der Waals surface area contributed by atoms with Crippen LogP contribution >= 0.6 is 0 Å². The van der Waals surface area contributed by atoms with E-state index in [0.717, 1.165) is 29.9 Å². The molecule has 0 bridgehead atoms. The number of ether oxygens (including phenoxy) is 1. The molecule has 0 unspecified atom stereocenters. The number of nitrogens with one attached hydrogen (secondary N) is 1. The van der Waals surface area contributed by atoms with Gasteiger partial charge in [0.15, 0.2) is 5.65 Å². The average molecular weight is 469 g/mol. The highest BCUT2D eigenvalue weighted by molar-refractivity contribution is 5.90. The molecule has 3 heterocycles. The average Bonchev–Trinajstić information content (AvgIpc) is 3.30. The van der Waals surface area contributed by atoms with Crippen molar-refractivity contribution in [3.05, 3.63) is 79.1 Å². The maximum Gasteiger partial charge on any atom is 0.246 e. The first-order valence-electron chi connectivity index (χ1n) is 11.9. The highest BCUT2D eigenvalue weighted by Gasteiger charge is 2.27. The molecule has 1 amide bonds. The van der Waals surface area contributed by atoms with Gasteiger partial charge in [-0.1, -0.05) is 24.8 Å². The van der Waals surface area contributed by atoms with E-state index in [1.165, 1.54) is 6.08 Å². The van der Waals surface area contributed by atoms with Crippen LogP contribution in [0.2, 0.25) is 0 Å². The molecule has 4 aromatic rings. The normalized spacial score (nSPS) is 15.8. The monoisotopic (exact) mass is 468 g/mol. The van der Waals surface area contributed by atoms with E-state index < -0.39 is 0 Å². The number of hydrogen-bond donors (Lipinski definition) is 1. The molecular formula is C27H28N6O2. The molecule has 2 aromatic carbocycles. The van der Waals surface area contributed by atoms with Crippen molar-refractivity contribution < 1.29 is 9.53 Å². The summed E-state index contributed by atoms with van der Waals surface area (Å²) in [4.78, 5) is 18.8. The summed E-state index contributed by atoms with van der Waals surface area (Å²) in [5.41, 5.74) is 2.63. The number of nitrogens with zero attached hydrogens (tertiary/aromatic N) is 5. The maximum absolute atomic E-state index is 12.3. The van der Waals surface area contributed by atoms with Crippen LogP contribution in [0.4, 0.5) is 0 Å². The molecule has 1 atom stereocenters. The highest BCUT2D eigenvalue weighted by atomic mass is 16.5. The Morgan fingerprint density at radius 2 is 1.91 bits per heavy atom. The number of hydrogen-bond acceptors (Lipinski definition) is 5. The van der Waals surface area contributed by atoms with Crippen LogP contribution in [-0.4, -0.2) is 43.2 Å². The summed E-state index contributed by atoms with van der Waals surface area (Å²) in [5.74, 6) is 1.42. The van der Waals surface area contributed by atoms with Gasteiger partial charge in [0, 0.05) is 25.2 Å². The van der Waals surface area contributed by atoms with Crippen molar-refractivity contribution in [2.75, 3.05) is 13.1 Å². The number of fused-ring (bicyclic) bond motifs is 1. The number of carbonyl (C=O) groups excluding carboxylic acids is 1. The van der Waals surface area contributed by atoms with Crippen LogP contribution in [0, 0.1) is 5.41 Å². The molecule has 1 fully saturated rings. The fourth-order valence-corrected chi connectivity index (χ4v) is 4.58. The molecule has 1 saturated heterocycles.